The van der Waals surface area contributed by atoms with E-state index in [0.29, 0.717) is 17.0 Å². The van der Waals surface area contributed by atoms with Gasteiger partial charge >= 0.3 is 0 Å². The average Bonchev–Trinajstić information content (AvgIpc) is 2.93. The number of nitrogens with one attached hydrogen (secondary N) is 2. The number of carbonyl (C=O) groups is 1. The van der Waals surface area contributed by atoms with Gasteiger partial charge in [-0.3, -0.25) is 4.79 Å². The predicted octanol–water partition coefficient (Wildman–Crippen LogP) is 3.31. The van der Waals surface area contributed by atoms with Crippen LogP contribution in [0.4, 0.5) is 5.69 Å². The van der Waals surface area contributed by atoms with E-state index in [9.17, 15) is 4.79 Å². The molecule has 0 saturated carbocycles. The van der Waals surface area contributed by atoms with Crippen molar-refractivity contribution in [3.05, 3.63) is 57.6 Å². The summed E-state index contributed by atoms with van der Waals surface area (Å²) in [7, 11) is 1.60. The van der Waals surface area contributed by atoms with Crippen LogP contribution in [-0.4, -0.2) is 13.0 Å². The minimum absolute atomic E-state index is 0.121. The third-order valence-corrected chi connectivity index (χ3v) is 3.92. The summed E-state index contributed by atoms with van der Waals surface area (Å²) in [5.41, 5.74) is 3.81. The molecule has 0 atom stereocenters. The number of fused-ring (bicyclic) bond motifs is 1. The number of benzene rings is 2. The largest absolute Gasteiger partial charge is 0.497 e. The Hall–Kier alpha value is -1.85. The van der Waals surface area contributed by atoms with Crippen LogP contribution in [0.1, 0.15) is 21.5 Å². The quantitative estimate of drug-likeness (QED) is 0.896. The van der Waals surface area contributed by atoms with Crippen LogP contribution in [0, 0.1) is 0 Å². The first kappa shape index (κ1) is 14.1. The van der Waals surface area contributed by atoms with E-state index in [0.717, 1.165) is 17.6 Å². The van der Waals surface area contributed by atoms with Crippen LogP contribution in [0.3, 0.4) is 0 Å². The van der Waals surface area contributed by atoms with Crippen LogP contribution >= 0.6 is 15.9 Å². The smallest absolute Gasteiger partial charge is 0.255 e. The van der Waals surface area contributed by atoms with Crippen molar-refractivity contribution in [1.82, 2.24) is 5.32 Å². The second kappa shape index (κ2) is 5.87. The van der Waals surface area contributed by atoms with E-state index in [-0.39, 0.29) is 5.91 Å². The van der Waals surface area contributed by atoms with E-state index in [1.807, 2.05) is 30.3 Å². The van der Waals surface area contributed by atoms with Crippen molar-refractivity contribution in [1.29, 1.82) is 0 Å². The summed E-state index contributed by atoms with van der Waals surface area (Å²) >= 11 is 3.40. The van der Waals surface area contributed by atoms with Gasteiger partial charge in [0.15, 0.2) is 0 Å². The molecule has 0 saturated heterocycles. The minimum Gasteiger partial charge on any atom is -0.497 e. The van der Waals surface area contributed by atoms with E-state index in [2.05, 4.69) is 26.6 Å². The van der Waals surface area contributed by atoms with Gasteiger partial charge in [0.2, 0.25) is 0 Å². The molecule has 2 N–H and O–H groups in total. The van der Waals surface area contributed by atoms with Crippen LogP contribution in [0.15, 0.2) is 40.9 Å². The van der Waals surface area contributed by atoms with Crippen molar-refractivity contribution in [3.8, 4) is 5.75 Å². The highest BCUT2D eigenvalue weighted by Gasteiger charge is 2.14. The van der Waals surface area contributed by atoms with Gasteiger partial charge in [-0.1, -0.05) is 22.0 Å². The summed E-state index contributed by atoms with van der Waals surface area (Å²) in [5, 5.41) is 6.17. The van der Waals surface area contributed by atoms with Crippen molar-refractivity contribution in [3.63, 3.8) is 0 Å². The van der Waals surface area contributed by atoms with Crippen LogP contribution in [0.2, 0.25) is 0 Å². The lowest BCUT2D eigenvalue weighted by Gasteiger charge is -2.09. The molecule has 1 heterocycles. The Morgan fingerprint density at radius 3 is 2.81 bits per heavy atom. The minimum atomic E-state index is -0.121. The Labute approximate surface area is 131 Å². The summed E-state index contributed by atoms with van der Waals surface area (Å²) in [5.74, 6) is 0.572. The maximum absolute atomic E-state index is 12.3. The first-order chi connectivity index (χ1) is 10.2. The number of hydrogen-bond donors (Lipinski definition) is 2. The van der Waals surface area contributed by atoms with Gasteiger partial charge in [-0.15, -0.1) is 0 Å². The lowest BCUT2D eigenvalue weighted by Crippen LogP contribution is -2.12. The average molecular weight is 347 g/mol. The highest BCUT2D eigenvalue weighted by atomic mass is 79.9. The molecule has 0 aromatic heterocycles. The number of ether oxygens (including phenoxy) is 1. The summed E-state index contributed by atoms with van der Waals surface area (Å²) in [6, 6.07) is 11.3. The molecule has 5 heteroatoms. The van der Waals surface area contributed by atoms with Gasteiger partial charge in [0, 0.05) is 34.9 Å². The summed E-state index contributed by atoms with van der Waals surface area (Å²) < 4.78 is 6.05. The topological polar surface area (TPSA) is 50.4 Å². The Morgan fingerprint density at radius 2 is 2.00 bits per heavy atom. The molecule has 108 valence electrons. The van der Waals surface area contributed by atoms with E-state index < -0.39 is 0 Å². The van der Waals surface area contributed by atoms with Crippen molar-refractivity contribution in [2.24, 2.45) is 0 Å². The fourth-order valence-electron chi connectivity index (χ4n) is 2.39. The zero-order valence-corrected chi connectivity index (χ0v) is 13.2. The molecular formula is C16H15BrN2O2. The number of halogens is 1. The number of carbonyl (C=O) groups excluding carboxylic acids is 1. The molecule has 0 bridgehead atoms. The standard InChI is InChI=1S/C16H15BrN2O2/c1-21-15-6-13(17)5-14(7-15)19-16(20)10-2-3-11-8-18-9-12(11)4-10/h2-7,18H,8-9H2,1H3,(H,19,20). The molecule has 1 aliphatic heterocycles. The Morgan fingerprint density at radius 1 is 1.19 bits per heavy atom. The molecule has 0 unspecified atom stereocenters. The van der Waals surface area contributed by atoms with Crippen molar-refractivity contribution >= 4 is 27.5 Å². The third-order valence-electron chi connectivity index (χ3n) is 3.46. The molecule has 0 radical (unpaired) electrons. The van der Waals surface area contributed by atoms with Crippen LogP contribution < -0.4 is 15.4 Å². The van der Waals surface area contributed by atoms with E-state index >= 15 is 0 Å². The van der Waals surface area contributed by atoms with Gasteiger partial charge in [0.1, 0.15) is 5.75 Å². The zero-order valence-electron chi connectivity index (χ0n) is 11.6. The second-order valence-corrected chi connectivity index (χ2v) is 5.84. The monoisotopic (exact) mass is 346 g/mol. The van der Waals surface area contributed by atoms with Gasteiger partial charge in [0.05, 0.1) is 7.11 Å². The zero-order chi connectivity index (χ0) is 14.8. The Bertz CT molecular complexity index is 701. The first-order valence-corrected chi connectivity index (χ1v) is 7.43. The lowest BCUT2D eigenvalue weighted by atomic mass is 10.1. The second-order valence-electron chi connectivity index (χ2n) is 4.92. The van der Waals surface area contributed by atoms with Gasteiger partial charge in [0.25, 0.3) is 5.91 Å². The molecule has 0 fully saturated rings. The molecule has 2 aromatic rings. The highest BCUT2D eigenvalue weighted by molar-refractivity contribution is 9.10. The summed E-state index contributed by atoms with van der Waals surface area (Å²) in [4.78, 5) is 12.3. The molecule has 4 nitrogen and oxygen atoms in total. The lowest BCUT2D eigenvalue weighted by molar-refractivity contribution is 0.102. The number of rotatable bonds is 3. The molecule has 1 aliphatic rings. The predicted molar refractivity (Wildman–Crippen MR) is 85.6 cm³/mol. The number of amides is 1. The normalized spacial score (nSPS) is 12.9. The molecular weight excluding hydrogens is 332 g/mol. The SMILES string of the molecule is COc1cc(Br)cc(NC(=O)c2ccc3c(c2)CNC3)c1. The van der Waals surface area contributed by atoms with Crippen LogP contribution in [0.5, 0.6) is 5.75 Å². The highest BCUT2D eigenvalue weighted by Crippen LogP contribution is 2.25. The summed E-state index contributed by atoms with van der Waals surface area (Å²) in [6.07, 6.45) is 0. The number of methoxy groups -OCH3 is 1. The van der Waals surface area contributed by atoms with E-state index in [4.69, 9.17) is 4.74 Å². The van der Waals surface area contributed by atoms with Crippen LogP contribution in [-0.2, 0) is 13.1 Å². The maximum Gasteiger partial charge on any atom is 0.255 e. The first-order valence-electron chi connectivity index (χ1n) is 6.64. The van der Waals surface area contributed by atoms with E-state index in [1.165, 1.54) is 11.1 Å². The van der Waals surface area contributed by atoms with Gasteiger partial charge < -0.3 is 15.4 Å². The number of anilines is 1. The van der Waals surface area contributed by atoms with Crippen molar-refractivity contribution in [2.45, 2.75) is 13.1 Å². The molecule has 1 amide bonds. The fourth-order valence-corrected chi connectivity index (χ4v) is 2.86. The van der Waals surface area contributed by atoms with Crippen LogP contribution in [0.25, 0.3) is 0 Å². The van der Waals surface area contributed by atoms with Crippen molar-refractivity contribution < 1.29 is 9.53 Å². The Balaban J connectivity index is 1.81. The summed E-state index contributed by atoms with van der Waals surface area (Å²) in [6.45, 7) is 1.70. The van der Waals surface area contributed by atoms with Gasteiger partial charge in [-0.05, 0) is 35.4 Å². The third kappa shape index (κ3) is 3.09. The maximum atomic E-state index is 12.3. The molecule has 3 rings (SSSR count). The van der Waals surface area contributed by atoms with Crippen molar-refractivity contribution in [2.75, 3.05) is 12.4 Å². The molecule has 2 aromatic carbocycles. The fraction of sp³-hybridized carbons (Fsp3) is 0.188. The molecule has 0 aliphatic carbocycles. The number of hydrogen-bond acceptors (Lipinski definition) is 3. The molecule has 21 heavy (non-hydrogen) atoms. The van der Waals surface area contributed by atoms with Gasteiger partial charge in [-0.2, -0.15) is 0 Å². The Kier molecular flexibility index (Phi) is 3.94. The van der Waals surface area contributed by atoms with Gasteiger partial charge in [-0.25, -0.2) is 0 Å². The van der Waals surface area contributed by atoms with E-state index in [1.54, 1.807) is 13.2 Å². The molecule has 0 spiro atoms.